The van der Waals surface area contributed by atoms with Gasteiger partial charge in [-0.05, 0) is 31.5 Å². The molecule has 0 spiro atoms. The number of carbonyl (C=O) groups is 1. The van der Waals surface area contributed by atoms with Gasteiger partial charge in [0.15, 0.2) is 17.3 Å². The van der Waals surface area contributed by atoms with Gasteiger partial charge in [-0.15, -0.1) is 0 Å². The quantitative estimate of drug-likeness (QED) is 0.837. The van der Waals surface area contributed by atoms with Crippen molar-refractivity contribution in [3.63, 3.8) is 0 Å². The molecule has 0 saturated carbocycles. The van der Waals surface area contributed by atoms with Crippen LogP contribution in [0.4, 0.5) is 0 Å². The van der Waals surface area contributed by atoms with Gasteiger partial charge < -0.3 is 18.9 Å². The molecule has 1 saturated heterocycles. The molecule has 0 amide bonds. The molecular formula is C17H22O5. The van der Waals surface area contributed by atoms with Gasteiger partial charge in [0, 0.05) is 6.42 Å². The van der Waals surface area contributed by atoms with E-state index in [4.69, 9.17) is 18.9 Å². The third kappa shape index (κ3) is 3.25. The Hall–Kier alpha value is -2.01. The van der Waals surface area contributed by atoms with Crippen LogP contribution in [0.1, 0.15) is 25.8 Å². The van der Waals surface area contributed by atoms with E-state index in [0.29, 0.717) is 23.7 Å². The third-order valence-corrected chi connectivity index (χ3v) is 3.69. The minimum Gasteiger partial charge on any atom is -0.493 e. The molecular weight excluding hydrogens is 284 g/mol. The van der Waals surface area contributed by atoms with Gasteiger partial charge in [0.2, 0.25) is 5.75 Å². The smallest absolute Gasteiger partial charge is 0.203 e. The van der Waals surface area contributed by atoms with Crippen LogP contribution < -0.4 is 14.2 Å². The molecule has 1 fully saturated rings. The first kappa shape index (κ1) is 16.4. The predicted molar refractivity (Wildman–Crippen MR) is 83.7 cm³/mol. The van der Waals surface area contributed by atoms with Crippen molar-refractivity contribution in [3.05, 3.63) is 23.8 Å². The Morgan fingerprint density at radius 3 is 2.14 bits per heavy atom. The number of rotatable bonds is 5. The molecule has 0 radical (unpaired) electrons. The van der Waals surface area contributed by atoms with Crippen LogP contribution in [0.15, 0.2) is 18.2 Å². The molecule has 1 aromatic rings. The van der Waals surface area contributed by atoms with Crippen molar-refractivity contribution in [1.29, 1.82) is 0 Å². The summed E-state index contributed by atoms with van der Waals surface area (Å²) in [6, 6.07) is 3.69. The van der Waals surface area contributed by atoms with Crippen LogP contribution in [-0.4, -0.2) is 38.8 Å². The molecule has 2 rings (SSSR count). The molecule has 22 heavy (non-hydrogen) atoms. The first-order chi connectivity index (χ1) is 10.4. The Labute approximate surface area is 130 Å². The largest absolute Gasteiger partial charge is 0.493 e. The molecule has 0 N–H and O–H groups in total. The topological polar surface area (TPSA) is 54.0 Å². The summed E-state index contributed by atoms with van der Waals surface area (Å²) in [6.07, 6.45) is 3.96. The van der Waals surface area contributed by atoms with Crippen molar-refractivity contribution in [3.8, 4) is 17.2 Å². The zero-order valence-electron chi connectivity index (χ0n) is 13.6. The number of ketones is 1. The number of hydrogen-bond acceptors (Lipinski definition) is 5. The highest BCUT2D eigenvalue weighted by Gasteiger charge is 2.38. The molecule has 1 unspecified atom stereocenters. The standard InChI is InChI=1S/C17H22O5/c1-17(2)15(18)10-12(22-17)7-6-11-8-13(19-3)16(21-5)14(9-11)20-4/h6-9,12H,10H2,1-5H3/b7-6+. The van der Waals surface area contributed by atoms with Crippen molar-refractivity contribution in [1.82, 2.24) is 0 Å². The molecule has 0 aromatic heterocycles. The Bertz CT molecular complexity index is 564. The Kier molecular flexibility index (Phi) is 4.76. The lowest BCUT2D eigenvalue weighted by Gasteiger charge is -2.15. The van der Waals surface area contributed by atoms with E-state index >= 15 is 0 Å². The average molecular weight is 306 g/mol. The minimum absolute atomic E-state index is 0.118. The van der Waals surface area contributed by atoms with E-state index in [1.54, 1.807) is 35.2 Å². The van der Waals surface area contributed by atoms with Gasteiger partial charge in [0.1, 0.15) is 5.60 Å². The van der Waals surface area contributed by atoms with Crippen LogP contribution in [0.3, 0.4) is 0 Å². The zero-order valence-corrected chi connectivity index (χ0v) is 13.6. The summed E-state index contributed by atoms with van der Waals surface area (Å²) in [5, 5.41) is 0. The van der Waals surface area contributed by atoms with Gasteiger partial charge in [-0.2, -0.15) is 0 Å². The molecule has 1 aliphatic rings. The average Bonchev–Trinajstić information content (AvgIpc) is 2.76. The highest BCUT2D eigenvalue weighted by Crippen LogP contribution is 2.38. The lowest BCUT2D eigenvalue weighted by Crippen LogP contribution is -2.27. The summed E-state index contributed by atoms with van der Waals surface area (Å²) >= 11 is 0. The summed E-state index contributed by atoms with van der Waals surface area (Å²) < 4.78 is 21.6. The van der Waals surface area contributed by atoms with Gasteiger partial charge in [-0.3, -0.25) is 4.79 Å². The molecule has 1 aromatic carbocycles. The third-order valence-electron chi connectivity index (χ3n) is 3.69. The number of hydrogen-bond donors (Lipinski definition) is 0. The summed E-state index contributed by atoms with van der Waals surface area (Å²) in [4.78, 5) is 11.8. The van der Waals surface area contributed by atoms with Gasteiger partial charge in [0.25, 0.3) is 0 Å². The number of ether oxygens (including phenoxy) is 4. The maximum Gasteiger partial charge on any atom is 0.203 e. The second kappa shape index (κ2) is 6.40. The fraction of sp³-hybridized carbons (Fsp3) is 0.471. The number of Topliss-reactive ketones (excluding diaryl/α,β-unsaturated/α-hetero) is 1. The van der Waals surface area contributed by atoms with Crippen LogP contribution in [0.25, 0.3) is 6.08 Å². The van der Waals surface area contributed by atoms with E-state index in [2.05, 4.69) is 0 Å². The van der Waals surface area contributed by atoms with Crippen molar-refractivity contribution < 1.29 is 23.7 Å². The van der Waals surface area contributed by atoms with Crippen molar-refractivity contribution in [2.45, 2.75) is 32.0 Å². The fourth-order valence-corrected chi connectivity index (χ4v) is 2.44. The Balaban J connectivity index is 2.23. The number of carbonyl (C=O) groups excluding carboxylic acids is 1. The lowest BCUT2D eigenvalue weighted by atomic mass is 10.0. The molecule has 1 aliphatic heterocycles. The molecule has 1 atom stereocenters. The van der Waals surface area contributed by atoms with Crippen LogP contribution in [0.2, 0.25) is 0 Å². The highest BCUT2D eigenvalue weighted by molar-refractivity contribution is 5.89. The molecule has 5 nitrogen and oxygen atoms in total. The minimum atomic E-state index is -0.704. The van der Waals surface area contributed by atoms with Gasteiger partial charge in [-0.1, -0.05) is 12.2 Å². The van der Waals surface area contributed by atoms with Gasteiger partial charge in [-0.25, -0.2) is 0 Å². The van der Waals surface area contributed by atoms with Crippen LogP contribution in [0.5, 0.6) is 17.2 Å². The first-order valence-electron chi connectivity index (χ1n) is 7.10. The molecule has 1 heterocycles. The zero-order chi connectivity index (χ0) is 16.3. The summed E-state index contributed by atoms with van der Waals surface area (Å²) in [5.41, 5.74) is 0.180. The highest BCUT2D eigenvalue weighted by atomic mass is 16.5. The molecule has 5 heteroatoms. The van der Waals surface area contributed by atoms with E-state index in [1.807, 2.05) is 24.3 Å². The van der Waals surface area contributed by atoms with Crippen molar-refractivity contribution >= 4 is 11.9 Å². The van der Waals surface area contributed by atoms with Crippen molar-refractivity contribution in [2.75, 3.05) is 21.3 Å². The second-order valence-corrected chi connectivity index (χ2v) is 5.61. The summed E-state index contributed by atoms with van der Waals surface area (Å²) in [6.45, 7) is 3.59. The SMILES string of the molecule is COc1cc(/C=C/C2CC(=O)C(C)(C)O2)cc(OC)c1OC. The Morgan fingerprint density at radius 2 is 1.73 bits per heavy atom. The van der Waals surface area contributed by atoms with E-state index in [9.17, 15) is 4.79 Å². The maximum atomic E-state index is 11.8. The maximum absolute atomic E-state index is 11.8. The van der Waals surface area contributed by atoms with Crippen molar-refractivity contribution in [2.24, 2.45) is 0 Å². The number of methoxy groups -OCH3 is 3. The molecule has 0 aliphatic carbocycles. The van der Waals surface area contributed by atoms with Crippen LogP contribution >= 0.6 is 0 Å². The van der Waals surface area contributed by atoms with E-state index < -0.39 is 5.60 Å². The van der Waals surface area contributed by atoms with Gasteiger partial charge in [0.05, 0.1) is 27.4 Å². The summed E-state index contributed by atoms with van der Waals surface area (Å²) in [7, 11) is 4.72. The lowest BCUT2D eigenvalue weighted by molar-refractivity contribution is -0.129. The van der Waals surface area contributed by atoms with E-state index in [0.717, 1.165) is 5.56 Å². The van der Waals surface area contributed by atoms with Gasteiger partial charge >= 0.3 is 0 Å². The fourth-order valence-electron chi connectivity index (χ4n) is 2.44. The normalized spacial score (nSPS) is 20.4. The Morgan fingerprint density at radius 1 is 1.14 bits per heavy atom. The monoisotopic (exact) mass is 306 g/mol. The number of benzene rings is 1. The van der Waals surface area contributed by atoms with E-state index in [1.165, 1.54) is 0 Å². The molecule has 0 bridgehead atoms. The second-order valence-electron chi connectivity index (χ2n) is 5.61. The van der Waals surface area contributed by atoms with Crippen LogP contribution in [0, 0.1) is 0 Å². The summed E-state index contributed by atoms with van der Waals surface area (Å²) in [5.74, 6) is 1.85. The molecule has 120 valence electrons. The first-order valence-corrected chi connectivity index (χ1v) is 7.10. The van der Waals surface area contributed by atoms with E-state index in [-0.39, 0.29) is 11.9 Å². The predicted octanol–water partition coefficient (Wildman–Crippen LogP) is 2.86. The van der Waals surface area contributed by atoms with Crippen LogP contribution in [-0.2, 0) is 9.53 Å².